The number of halogens is 2. The maximum Gasteiger partial charge on any atom is 0.241 e. The molecule has 3 aromatic rings. The highest BCUT2D eigenvalue weighted by Crippen LogP contribution is 2.33. The molecular weight excluding hydrogens is 341 g/mol. The molecule has 0 aliphatic carbocycles. The topological polar surface area (TPSA) is 42.2 Å². The second kappa shape index (κ2) is 6.94. The molecule has 4 nitrogen and oxygen atoms in total. The van der Waals surface area contributed by atoms with E-state index in [1.54, 1.807) is 0 Å². The van der Waals surface area contributed by atoms with E-state index >= 15 is 0 Å². The normalized spacial score (nSPS) is 17.9. The van der Waals surface area contributed by atoms with Gasteiger partial charge in [0.05, 0.1) is 6.54 Å². The van der Waals surface area contributed by atoms with E-state index in [1.807, 2.05) is 36.4 Å². The number of hydrogen-bond donors (Lipinski definition) is 0. The van der Waals surface area contributed by atoms with Crippen molar-refractivity contribution in [1.29, 1.82) is 0 Å². The molecule has 0 bridgehead atoms. The Balaban J connectivity index is 1.51. The lowest BCUT2D eigenvalue weighted by Crippen LogP contribution is -2.22. The molecule has 1 aromatic heterocycles. The third kappa shape index (κ3) is 3.57. The number of nitrogens with zero attached hydrogens (tertiary/aromatic N) is 3. The van der Waals surface area contributed by atoms with Crippen molar-refractivity contribution in [3.05, 3.63) is 70.8 Å². The van der Waals surface area contributed by atoms with Crippen LogP contribution >= 0.6 is 11.6 Å². The maximum absolute atomic E-state index is 13.2. The summed E-state index contributed by atoms with van der Waals surface area (Å²) < 4.78 is 18.6. The lowest BCUT2D eigenvalue weighted by Gasteiger charge is -2.23. The summed E-state index contributed by atoms with van der Waals surface area (Å²) in [6, 6.07) is 14.4. The van der Waals surface area contributed by atoms with Gasteiger partial charge in [-0.15, -0.1) is 0 Å². The van der Waals surface area contributed by atoms with Gasteiger partial charge in [-0.05, 0) is 49.2 Å². The molecule has 6 heteroatoms. The van der Waals surface area contributed by atoms with Gasteiger partial charge < -0.3 is 4.52 Å². The zero-order valence-electron chi connectivity index (χ0n) is 13.5. The molecular formula is C19H17ClFN3O. The SMILES string of the molecule is Fc1ccc([C@@H]2CCCN2Cc2nc(-c3cccc(Cl)c3)no2)cc1. The smallest absolute Gasteiger partial charge is 0.241 e. The largest absolute Gasteiger partial charge is 0.338 e. The van der Waals surface area contributed by atoms with Crippen LogP contribution in [0, 0.1) is 5.82 Å². The third-order valence-corrected chi connectivity index (χ3v) is 4.74. The van der Waals surface area contributed by atoms with E-state index in [1.165, 1.54) is 12.1 Å². The van der Waals surface area contributed by atoms with Crippen LogP contribution in [0.1, 0.15) is 30.3 Å². The Hall–Kier alpha value is -2.24. The van der Waals surface area contributed by atoms with Crippen molar-refractivity contribution in [3.8, 4) is 11.4 Å². The van der Waals surface area contributed by atoms with Crippen LogP contribution in [0.5, 0.6) is 0 Å². The molecule has 0 saturated carbocycles. The highest BCUT2D eigenvalue weighted by Gasteiger charge is 2.27. The van der Waals surface area contributed by atoms with Crippen molar-refractivity contribution in [2.45, 2.75) is 25.4 Å². The summed E-state index contributed by atoms with van der Waals surface area (Å²) in [5.74, 6) is 0.898. The first-order chi connectivity index (χ1) is 12.2. The molecule has 0 radical (unpaired) electrons. The predicted molar refractivity (Wildman–Crippen MR) is 93.5 cm³/mol. The summed E-state index contributed by atoms with van der Waals surface area (Å²) in [5, 5.41) is 4.70. The molecule has 0 N–H and O–H groups in total. The van der Waals surface area contributed by atoms with Crippen LogP contribution in [0.2, 0.25) is 5.02 Å². The van der Waals surface area contributed by atoms with Crippen LogP contribution in [-0.2, 0) is 6.54 Å². The van der Waals surface area contributed by atoms with Crippen LogP contribution in [0.3, 0.4) is 0 Å². The van der Waals surface area contributed by atoms with Gasteiger partial charge >= 0.3 is 0 Å². The zero-order chi connectivity index (χ0) is 17.2. The van der Waals surface area contributed by atoms with Crippen LogP contribution in [0.15, 0.2) is 53.1 Å². The first kappa shape index (κ1) is 16.2. The molecule has 1 aliphatic rings. The maximum atomic E-state index is 13.2. The molecule has 2 heterocycles. The van der Waals surface area contributed by atoms with Gasteiger partial charge in [0.1, 0.15) is 5.82 Å². The fraction of sp³-hybridized carbons (Fsp3) is 0.263. The zero-order valence-corrected chi connectivity index (χ0v) is 14.3. The first-order valence-electron chi connectivity index (χ1n) is 8.27. The highest BCUT2D eigenvalue weighted by atomic mass is 35.5. The summed E-state index contributed by atoms with van der Waals surface area (Å²) in [7, 11) is 0. The lowest BCUT2D eigenvalue weighted by atomic mass is 10.0. The second-order valence-corrected chi connectivity index (χ2v) is 6.64. The average Bonchev–Trinajstić information content (AvgIpc) is 3.26. The minimum Gasteiger partial charge on any atom is -0.338 e. The van der Waals surface area contributed by atoms with Crippen molar-refractivity contribution < 1.29 is 8.91 Å². The molecule has 0 amide bonds. The molecule has 1 saturated heterocycles. The minimum atomic E-state index is -0.212. The fourth-order valence-corrected chi connectivity index (χ4v) is 3.51. The molecule has 1 aliphatic heterocycles. The van der Waals surface area contributed by atoms with Crippen molar-refractivity contribution in [1.82, 2.24) is 15.0 Å². The quantitative estimate of drug-likeness (QED) is 0.668. The Morgan fingerprint density at radius 2 is 2.04 bits per heavy atom. The van der Waals surface area contributed by atoms with Gasteiger partial charge in [0.2, 0.25) is 11.7 Å². The van der Waals surface area contributed by atoms with Crippen LogP contribution < -0.4 is 0 Å². The Morgan fingerprint density at radius 1 is 1.20 bits per heavy atom. The van der Waals surface area contributed by atoms with Gasteiger partial charge in [-0.3, -0.25) is 4.90 Å². The molecule has 0 unspecified atom stereocenters. The van der Waals surface area contributed by atoms with Gasteiger partial charge in [0.25, 0.3) is 0 Å². The van der Waals surface area contributed by atoms with Gasteiger partial charge in [0, 0.05) is 16.6 Å². The first-order valence-corrected chi connectivity index (χ1v) is 8.65. The number of hydrogen-bond acceptors (Lipinski definition) is 4. The van der Waals surface area contributed by atoms with Crippen LogP contribution in [0.4, 0.5) is 4.39 Å². The molecule has 1 atom stereocenters. The van der Waals surface area contributed by atoms with E-state index in [4.69, 9.17) is 16.1 Å². The summed E-state index contributed by atoms with van der Waals surface area (Å²) in [6.07, 6.45) is 2.14. The van der Waals surface area contributed by atoms with E-state index in [-0.39, 0.29) is 11.9 Å². The second-order valence-electron chi connectivity index (χ2n) is 6.20. The molecule has 128 valence electrons. The fourth-order valence-electron chi connectivity index (χ4n) is 3.32. The van der Waals surface area contributed by atoms with Crippen molar-refractivity contribution in [2.75, 3.05) is 6.54 Å². The summed E-state index contributed by atoms with van der Waals surface area (Å²) in [5.41, 5.74) is 1.95. The van der Waals surface area contributed by atoms with Gasteiger partial charge in [-0.25, -0.2) is 4.39 Å². The van der Waals surface area contributed by atoms with E-state index in [0.29, 0.717) is 23.3 Å². The van der Waals surface area contributed by atoms with Crippen molar-refractivity contribution in [2.24, 2.45) is 0 Å². The molecule has 1 fully saturated rings. The number of aromatic nitrogens is 2. The van der Waals surface area contributed by atoms with Crippen molar-refractivity contribution >= 4 is 11.6 Å². The Bertz CT molecular complexity index is 865. The minimum absolute atomic E-state index is 0.212. The summed E-state index contributed by atoms with van der Waals surface area (Å²) in [6.45, 7) is 1.53. The monoisotopic (exact) mass is 357 g/mol. The molecule has 2 aromatic carbocycles. The van der Waals surface area contributed by atoms with Gasteiger partial charge in [0.15, 0.2) is 0 Å². The highest BCUT2D eigenvalue weighted by molar-refractivity contribution is 6.30. The van der Waals surface area contributed by atoms with E-state index in [9.17, 15) is 4.39 Å². The average molecular weight is 358 g/mol. The summed E-state index contributed by atoms with van der Waals surface area (Å²) in [4.78, 5) is 6.78. The predicted octanol–water partition coefficient (Wildman–Crippen LogP) is 4.87. The molecule has 25 heavy (non-hydrogen) atoms. The standard InChI is InChI=1S/C19H17ClFN3O/c20-15-4-1-3-14(11-15)19-22-18(25-23-19)12-24-10-2-5-17(24)13-6-8-16(21)9-7-13/h1,3-4,6-9,11,17H,2,5,10,12H2/t17-/m0/s1. The van der Waals surface area contributed by atoms with Crippen LogP contribution in [0.25, 0.3) is 11.4 Å². The Morgan fingerprint density at radius 3 is 2.84 bits per heavy atom. The van der Waals surface area contributed by atoms with Crippen molar-refractivity contribution in [3.63, 3.8) is 0 Å². The van der Waals surface area contributed by atoms with E-state index in [0.717, 1.165) is 30.5 Å². The number of likely N-dealkylation sites (tertiary alicyclic amines) is 1. The Kier molecular flexibility index (Phi) is 4.51. The lowest BCUT2D eigenvalue weighted by molar-refractivity contribution is 0.212. The van der Waals surface area contributed by atoms with Gasteiger partial charge in [-0.2, -0.15) is 4.98 Å². The van der Waals surface area contributed by atoms with Gasteiger partial charge in [-0.1, -0.05) is 41.0 Å². The van der Waals surface area contributed by atoms with E-state index < -0.39 is 0 Å². The number of rotatable bonds is 4. The summed E-state index contributed by atoms with van der Waals surface area (Å²) >= 11 is 6.02. The van der Waals surface area contributed by atoms with E-state index in [2.05, 4.69) is 15.0 Å². The molecule has 4 rings (SSSR count). The third-order valence-electron chi connectivity index (χ3n) is 4.51. The Labute approximate surface area is 150 Å². The number of benzene rings is 2. The molecule has 0 spiro atoms. The van der Waals surface area contributed by atoms with Crippen LogP contribution in [-0.4, -0.2) is 21.6 Å².